The summed E-state index contributed by atoms with van der Waals surface area (Å²) in [6, 6.07) is 9.07. The number of benzene rings is 1. The minimum absolute atomic E-state index is 0.185. The van der Waals surface area contributed by atoms with Crippen LogP contribution in [0.5, 0.6) is 0 Å². The second kappa shape index (κ2) is 6.32. The molecule has 24 heavy (non-hydrogen) atoms. The molecule has 0 bridgehead atoms. The lowest BCUT2D eigenvalue weighted by molar-refractivity contribution is 0.202. The van der Waals surface area contributed by atoms with Gasteiger partial charge in [-0.25, -0.2) is 4.39 Å². The molecule has 0 saturated carbocycles. The molecule has 5 heteroatoms. The summed E-state index contributed by atoms with van der Waals surface area (Å²) in [4.78, 5) is 6.85. The maximum Gasteiger partial charge on any atom is 0.124 e. The SMILES string of the molecule is Cn1nccc1C1CCN(Cc2cc(F)cc3cccnc23)CC1. The third kappa shape index (κ3) is 2.91. The molecule has 4 rings (SSSR count). The van der Waals surface area contributed by atoms with Crippen molar-refractivity contribution in [1.82, 2.24) is 19.7 Å². The molecular formula is C19H21FN4. The Morgan fingerprint density at radius 1 is 1.17 bits per heavy atom. The molecule has 1 aliphatic heterocycles. The molecule has 1 saturated heterocycles. The number of rotatable bonds is 3. The molecule has 3 aromatic rings. The lowest BCUT2D eigenvalue weighted by Crippen LogP contribution is -2.33. The fraction of sp³-hybridized carbons (Fsp3) is 0.368. The Labute approximate surface area is 140 Å². The van der Waals surface area contributed by atoms with Crippen LogP contribution < -0.4 is 0 Å². The van der Waals surface area contributed by atoms with E-state index in [0.29, 0.717) is 5.92 Å². The molecule has 0 unspecified atom stereocenters. The van der Waals surface area contributed by atoms with Crippen LogP contribution in [0.2, 0.25) is 0 Å². The summed E-state index contributed by atoms with van der Waals surface area (Å²) in [5, 5.41) is 5.15. The van der Waals surface area contributed by atoms with Crippen molar-refractivity contribution in [3.8, 4) is 0 Å². The van der Waals surface area contributed by atoms with E-state index in [1.54, 1.807) is 18.3 Å². The number of hydrogen-bond acceptors (Lipinski definition) is 3. The summed E-state index contributed by atoms with van der Waals surface area (Å²) in [7, 11) is 2.01. The fourth-order valence-electron chi connectivity index (χ4n) is 3.76. The van der Waals surface area contributed by atoms with E-state index in [-0.39, 0.29) is 5.82 Å². The molecule has 0 spiro atoms. The van der Waals surface area contributed by atoms with Crippen molar-refractivity contribution >= 4 is 10.9 Å². The largest absolute Gasteiger partial charge is 0.299 e. The highest BCUT2D eigenvalue weighted by Gasteiger charge is 2.23. The molecule has 4 nitrogen and oxygen atoms in total. The third-order valence-electron chi connectivity index (χ3n) is 5.01. The highest BCUT2D eigenvalue weighted by atomic mass is 19.1. The fourth-order valence-corrected chi connectivity index (χ4v) is 3.76. The second-order valence-electron chi connectivity index (χ2n) is 6.57. The molecule has 1 aliphatic rings. The maximum absolute atomic E-state index is 13.9. The molecule has 0 radical (unpaired) electrons. The smallest absolute Gasteiger partial charge is 0.124 e. The van der Waals surface area contributed by atoms with Crippen molar-refractivity contribution < 1.29 is 4.39 Å². The van der Waals surface area contributed by atoms with E-state index in [4.69, 9.17) is 0 Å². The number of aryl methyl sites for hydroxylation is 1. The van der Waals surface area contributed by atoms with Crippen molar-refractivity contribution in [3.63, 3.8) is 0 Å². The van der Waals surface area contributed by atoms with E-state index in [1.165, 1.54) is 5.69 Å². The third-order valence-corrected chi connectivity index (χ3v) is 5.01. The Balaban J connectivity index is 1.49. The Bertz CT molecular complexity index is 849. The summed E-state index contributed by atoms with van der Waals surface area (Å²) in [6.07, 6.45) is 5.87. The predicted octanol–water partition coefficient (Wildman–Crippen LogP) is 3.49. The first-order valence-corrected chi connectivity index (χ1v) is 8.44. The zero-order valence-electron chi connectivity index (χ0n) is 13.8. The first-order valence-electron chi connectivity index (χ1n) is 8.44. The Hall–Kier alpha value is -2.27. The van der Waals surface area contributed by atoms with Gasteiger partial charge in [0.1, 0.15) is 5.82 Å². The molecule has 0 aliphatic carbocycles. The second-order valence-corrected chi connectivity index (χ2v) is 6.57. The number of fused-ring (bicyclic) bond motifs is 1. The quantitative estimate of drug-likeness (QED) is 0.739. The van der Waals surface area contributed by atoms with Crippen molar-refractivity contribution in [3.05, 3.63) is 59.8 Å². The molecule has 1 aromatic carbocycles. The minimum atomic E-state index is -0.185. The van der Waals surface area contributed by atoms with Crippen molar-refractivity contribution in [2.24, 2.45) is 7.05 Å². The Morgan fingerprint density at radius 3 is 2.75 bits per heavy atom. The molecule has 0 atom stereocenters. The van der Waals surface area contributed by atoms with E-state index in [0.717, 1.165) is 48.9 Å². The average Bonchev–Trinajstić information content (AvgIpc) is 3.01. The summed E-state index contributed by atoms with van der Waals surface area (Å²) in [6.45, 7) is 2.78. The van der Waals surface area contributed by atoms with Crippen LogP contribution in [0.3, 0.4) is 0 Å². The van der Waals surface area contributed by atoms with E-state index < -0.39 is 0 Å². The molecule has 1 fully saturated rings. The van der Waals surface area contributed by atoms with Gasteiger partial charge >= 0.3 is 0 Å². The van der Waals surface area contributed by atoms with Crippen LogP contribution >= 0.6 is 0 Å². The molecule has 2 aromatic heterocycles. The first kappa shape index (κ1) is 15.3. The van der Waals surface area contributed by atoms with E-state index in [1.807, 2.05) is 30.1 Å². The number of likely N-dealkylation sites (tertiary alicyclic amines) is 1. The van der Waals surface area contributed by atoms with Crippen molar-refractivity contribution in [2.45, 2.75) is 25.3 Å². The van der Waals surface area contributed by atoms with Crippen LogP contribution in [0.4, 0.5) is 4.39 Å². The van der Waals surface area contributed by atoms with Gasteiger partial charge in [-0.05, 0) is 55.8 Å². The zero-order chi connectivity index (χ0) is 16.5. The van der Waals surface area contributed by atoms with Crippen LogP contribution in [0.1, 0.15) is 30.0 Å². The number of nitrogens with zero attached hydrogens (tertiary/aromatic N) is 4. The molecule has 0 amide bonds. The normalized spacial score (nSPS) is 16.8. The number of aromatic nitrogens is 3. The number of hydrogen-bond donors (Lipinski definition) is 0. The number of halogens is 1. The van der Waals surface area contributed by atoms with Crippen LogP contribution in [0, 0.1) is 5.82 Å². The van der Waals surface area contributed by atoms with E-state index in [2.05, 4.69) is 21.0 Å². The van der Waals surface area contributed by atoms with Gasteiger partial charge in [0.05, 0.1) is 5.52 Å². The predicted molar refractivity (Wildman–Crippen MR) is 92.2 cm³/mol. The van der Waals surface area contributed by atoms with Gasteiger partial charge in [0, 0.05) is 43.0 Å². The van der Waals surface area contributed by atoms with Gasteiger partial charge in [-0.15, -0.1) is 0 Å². The van der Waals surface area contributed by atoms with Crippen molar-refractivity contribution in [2.75, 3.05) is 13.1 Å². The summed E-state index contributed by atoms with van der Waals surface area (Å²) < 4.78 is 15.9. The zero-order valence-corrected chi connectivity index (χ0v) is 13.8. The first-order chi connectivity index (χ1) is 11.7. The van der Waals surface area contributed by atoms with Crippen LogP contribution in [0.25, 0.3) is 10.9 Å². The number of piperidine rings is 1. The monoisotopic (exact) mass is 324 g/mol. The molecular weight excluding hydrogens is 303 g/mol. The lowest BCUT2D eigenvalue weighted by Gasteiger charge is -2.32. The van der Waals surface area contributed by atoms with E-state index >= 15 is 0 Å². The highest BCUT2D eigenvalue weighted by Crippen LogP contribution is 2.29. The molecule has 124 valence electrons. The van der Waals surface area contributed by atoms with Crippen LogP contribution in [-0.4, -0.2) is 32.8 Å². The minimum Gasteiger partial charge on any atom is -0.299 e. The molecule has 3 heterocycles. The summed E-state index contributed by atoms with van der Waals surface area (Å²) in [5.41, 5.74) is 3.20. The topological polar surface area (TPSA) is 34.0 Å². The highest BCUT2D eigenvalue weighted by molar-refractivity contribution is 5.81. The number of pyridine rings is 1. The van der Waals surface area contributed by atoms with Gasteiger partial charge in [0.25, 0.3) is 0 Å². The van der Waals surface area contributed by atoms with Gasteiger partial charge in [-0.3, -0.25) is 14.6 Å². The Kier molecular flexibility index (Phi) is 4.02. The van der Waals surface area contributed by atoms with Crippen LogP contribution in [0.15, 0.2) is 42.7 Å². The van der Waals surface area contributed by atoms with Gasteiger partial charge in [0.2, 0.25) is 0 Å². The molecule has 0 N–H and O–H groups in total. The standard InChI is InChI=1S/C19H21FN4/c1-23-18(4-8-22-23)14-5-9-24(10-6-14)13-16-12-17(20)11-15-3-2-7-21-19(15)16/h2-4,7-8,11-12,14H,5-6,9-10,13H2,1H3. The van der Waals surface area contributed by atoms with E-state index in [9.17, 15) is 4.39 Å². The van der Waals surface area contributed by atoms with Gasteiger partial charge < -0.3 is 0 Å². The van der Waals surface area contributed by atoms with Crippen LogP contribution in [-0.2, 0) is 13.6 Å². The Morgan fingerprint density at radius 2 is 2.00 bits per heavy atom. The van der Waals surface area contributed by atoms with Gasteiger partial charge in [-0.1, -0.05) is 6.07 Å². The lowest BCUT2D eigenvalue weighted by atomic mass is 9.93. The summed E-state index contributed by atoms with van der Waals surface area (Å²) in [5.74, 6) is 0.381. The van der Waals surface area contributed by atoms with Gasteiger partial charge in [-0.2, -0.15) is 5.10 Å². The maximum atomic E-state index is 13.9. The summed E-state index contributed by atoms with van der Waals surface area (Å²) >= 11 is 0. The average molecular weight is 324 g/mol. The van der Waals surface area contributed by atoms with Gasteiger partial charge in [0.15, 0.2) is 0 Å². The van der Waals surface area contributed by atoms with Crippen molar-refractivity contribution in [1.29, 1.82) is 0 Å².